The first kappa shape index (κ1) is 10.5. The van der Waals surface area contributed by atoms with Crippen molar-refractivity contribution in [3.05, 3.63) is 35.9 Å². The van der Waals surface area contributed by atoms with E-state index in [-0.39, 0.29) is 5.96 Å². The molecule has 0 aliphatic carbocycles. The fourth-order valence-electron chi connectivity index (χ4n) is 1.29. The van der Waals surface area contributed by atoms with Crippen molar-refractivity contribution in [1.82, 2.24) is 0 Å². The molecule has 0 fully saturated rings. The summed E-state index contributed by atoms with van der Waals surface area (Å²) in [5.41, 5.74) is 6.26. The lowest BCUT2D eigenvalue weighted by molar-refractivity contribution is -0.125. The summed E-state index contributed by atoms with van der Waals surface area (Å²) < 4.78 is 5.37. The highest BCUT2D eigenvalue weighted by Crippen LogP contribution is 2.05. The molecule has 1 aromatic rings. The molecule has 1 aliphatic rings. The molecule has 1 atom stereocenters. The molecule has 1 aromatic carbocycles. The Morgan fingerprint density at radius 1 is 1.31 bits per heavy atom. The van der Waals surface area contributed by atoms with Gasteiger partial charge in [-0.2, -0.15) is 4.99 Å². The van der Waals surface area contributed by atoms with Crippen molar-refractivity contribution in [2.45, 2.75) is 12.7 Å². The molecule has 1 amide bonds. The number of guanidine groups is 1. The normalized spacial score (nSPS) is 19.6. The summed E-state index contributed by atoms with van der Waals surface area (Å²) in [6.07, 6.45) is 0.639. The second-order valence-corrected chi connectivity index (χ2v) is 3.30. The standard InChI is InChI=1S/C11H11N3O2/c12-11-13-6-9(10(15)14-11)16-7-8-4-2-1-3-5-8/h1-6,9H,7H2,(H2,12,14,15). The van der Waals surface area contributed by atoms with Crippen LogP contribution in [0.3, 0.4) is 0 Å². The molecular formula is C11H11N3O2. The maximum Gasteiger partial charge on any atom is 0.283 e. The smallest absolute Gasteiger partial charge is 0.283 e. The van der Waals surface area contributed by atoms with Crippen molar-refractivity contribution in [2.75, 3.05) is 0 Å². The highest BCUT2D eigenvalue weighted by Gasteiger charge is 2.20. The molecule has 5 heteroatoms. The first-order valence-corrected chi connectivity index (χ1v) is 4.83. The van der Waals surface area contributed by atoms with Gasteiger partial charge in [-0.1, -0.05) is 30.3 Å². The monoisotopic (exact) mass is 217 g/mol. The van der Waals surface area contributed by atoms with Crippen LogP contribution in [0.15, 0.2) is 40.3 Å². The van der Waals surface area contributed by atoms with Gasteiger partial charge in [-0.3, -0.25) is 4.79 Å². The predicted molar refractivity (Wildman–Crippen MR) is 60.1 cm³/mol. The van der Waals surface area contributed by atoms with Crippen molar-refractivity contribution in [3.8, 4) is 0 Å². The first-order chi connectivity index (χ1) is 7.75. The van der Waals surface area contributed by atoms with Crippen molar-refractivity contribution in [1.29, 1.82) is 0 Å². The minimum atomic E-state index is -0.729. The Labute approximate surface area is 92.7 Å². The molecule has 0 aromatic heterocycles. The van der Waals surface area contributed by atoms with Crippen molar-refractivity contribution in [2.24, 2.45) is 15.7 Å². The van der Waals surface area contributed by atoms with E-state index < -0.39 is 12.0 Å². The van der Waals surface area contributed by atoms with E-state index in [2.05, 4.69) is 9.98 Å². The molecule has 5 nitrogen and oxygen atoms in total. The second-order valence-electron chi connectivity index (χ2n) is 3.30. The van der Waals surface area contributed by atoms with Gasteiger partial charge in [0.1, 0.15) is 0 Å². The number of ether oxygens (including phenoxy) is 1. The number of amides is 1. The van der Waals surface area contributed by atoms with E-state index in [4.69, 9.17) is 10.5 Å². The molecule has 0 saturated carbocycles. The number of carbonyl (C=O) groups excluding carboxylic acids is 1. The lowest BCUT2D eigenvalue weighted by Crippen LogP contribution is -2.31. The van der Waals surface area contributed by atoms with Crippen molar-refractivity contribution in [3.63, 3.8) is 0 Å². The highest BCUT2D eigenvalue weighted by molar-refractivity contribution is 6.09. The third-order valence-corrected chi connectivity index (χ3v) is 2.08. The van der Waals surface area contributed by atoms with Crippen molar-refractivity contribution < 1.29 is 9.53 Å². The van der Waals surface area contributed by atoms with Gasteiger partial charge in [-0.15, -0.1) is 0 Å². The third-order valence-electron chi connectivity index (χ3n) is 2.08. The number of nitrogens with two attached hydrogens (primary N) is 1. The maximum atomic E-state index is 11.3. The summed E-state index contributed by atoms with van der Waals surface area (Å²) in [4.78, 5) is 18.6. The number of carbonyl (C=O) groups is 1. The summed E-state index contributed by atoms with van der Waals surface area (Å²) in [5, 5.41) is 0. The van der Waals surface area contributed by atoms with Gasteiger partial charge in [0.15, 0.2) is 6.10 Å². The number of aliphatic imine (C=N–C) groups is 2. The Kier molecular flexibility index (Phi) is 3.07. The van der Waals surface area contributed by atoms with Crippen LogP contribution in [0.1, 0.15) is 5.56 Å². The molecule has 0 spiro atoms. The van der Waals surface area contributed by atoms with Crippen LogP contribution in [0.4, 0.5) is 0 Å². The molecule has 0 saturated heterocycles. The quantitative estimate of drug-likeness (QED) is 0.800. The van der Waals surface area contributed by atoms with Gasteiger partial charge in [0.05, 0.1) is 6.61 Å². The summed E-state index contributed by atoms with van der Waals surface area (Å²) in [7, 11) is 0. The van der Waals surface area contributed by atoms with E-state index >= 15 is 0 Å². The minimum absolute atomic E-state index is 0.0236. The van der Waals surface area contributed by atoms with E-state index in [1.54, 1.807) is 0 Å². The SMILES string of the molecule is NC1=NC(=O)C(OCc2ccccc2)C=N1. The fourth-order valence-corrected chi connectivity index (χ4v) is 1.29. The lowest BCUT2D eigenvalue weighted by Gasteiger charge is -2.12. The van der Waals surface area contributed by atoms with E-state index in [1.807, 2.05) is 30.3 Å². The van der Waals surface area contributed by atoms with E-state index in [0.717, 1.165) is 5.56 Å². The summed E-state index contributed by atoms with van der Waals surface area (Å²) in [5.74, 6) is -0.437. The minimum Gasteiger partial charge on any atom is -0.368 e. The maximum absolute atomic E-state index is 11.3. The molecule has 0 radical (unpaired) electrons. The Balaban J connectivity index is 1.93. The number of hydrogen-bond donors (Lipinski definition) is 1. The predicted octanol–water partition coefficient (Wildman–Crippen LogP) is 0.497. The zero-order valence-corrected chi connectivity index (χ0v) is 8.54. The summed E-state index contributed by atoms with van der Waals surface area (Å²) >= 11 is 0. The number of benzene rings is 1. The van der Waals surface area contributed by atoms with Crippen LogP contribution >= 0.6 is 0 Å². The van der Waals surface area contributed by atoms with Gasteiger partial charge in [0.2, 0.25) is 5.96 Å². The topological polar surface area (TPSA) is 77.0 Å². The molecule has 1 unspecified atom stereocenters. The van der Waals surface area contributed by atoms with Gasteiger partial charge < -0.3 is 10.5 Å². The average molecular weight is 217 g/mol. The van der Waals surface area contributed by atoms with Crippen LogP contribution in [-0.4, -0.2) is 24.2 Å². The third kappa shape index (κ3) is 2.52. The van der Waals surface area contributed by atoms with Gasteiger partial charge in [-0.25, -0.2) is 4.99 Å². The van der Waals surface area contributed by atoms with Gasteiger partial charge in [0, 0.05) is 6.21 Å². The van der Waals surface area contributed by atoms with Crippen molar-refractivity contribution >= 4 is 18.1 Å². The summed E-state index contributed by atoms with van der Waals surface area (Å²) in [6.45, 7) is 0.346. The van der Waals surface area contributed by atoms with E-state index in [1.165, 1.54) is 6.21 Å². The molecule has 0 bridgehead atoms. The van der Waals surface area contributed by atoms with Crippen LogP contribution in [0.5, 0.6) is 0 Å². The van der Waals surface area contributed by atoms with E-state index in [9.17, 15) is 4.79 Å². The molecule has 2 N–H and O–H groups in total. The van der Waals surface area contributed by atoms with E-state index in [0.29, 0.717) is 6.61 Å². The number of hydrogen-bond acceptors (Lipinski definition) is 4. The first-order valence-electron chi connectivity index (χ1n) is 4.83. The van der Waals surface area contributed by atoms with Crippen LogP contribution in [0.25, 0.3) is 0 Å². The molecule has 1 aliphatic heterocycles. The Morgan fingerprint density at radius 3 is 2.75 bits per heavy atom. The van der Waals surface area contributed by atoms with Crippen LogP contribution in [0.2, 0.25) is 0 Å². The Morgan fingerprint density at radius 2 is 2.06 bits per heavy atom. The van der Waals surface area contributed by atoms with Gasteiger partial charge >= 0.3 is 0 Å². The van der Waals surface area contributed by atoms with Crippen LogP contribution in [0, 0.1) is 0 Å². The van der Waals surface area contributed by atoms with Crippen LogP contribution < -0.4 is 5.73 Å². The van der Waals surface area contributed by atoms with Gasteiger partial charge in [0.25, 0.3) is 5.91 Å². The summed E-state index contributed by atoms with van der Waals surface area (Å²) in [6, 6.07) is 9.57. The number of nitrogens with zero attached hydrogens (tertiary/aromatic N) is 2. The Bertz CT molecular complexity index is 440. The average Bonchev–Trinajstić information content (AvgIpc) is 2.29. The molecule has 1 heterocycles. The van der Waals surface area contributed by atoms with Gasteiger partial charge in [-0.05, 0) is 5.56 Å². The Hall–Kier alpha value is -2.01. The fraction of sp³-hybridized carbons (Fsp3) is 0.182. The molecule has 2 rings (SSSR count). The zero-order chi connectivity index (χ0) is 11.4. The van der Waals surface area contributed by atoms with Crippen LogP contribution in [-0.2, 0) is 16.1 Å². The molecular weight excluding hydrogens is 206 g/mol. The highest BCUT2D eigenvalue weighted by atomic mass is 16.5. The lowest BCUT2D eigenvalue weighted by atomic mass is 10.2. The number of rotatable bonds is 3. The molecule has 16 heavy (non-hydrogen) atoms. The largest absolute Gasteiger partial charge is 0.368 e. The second kappa shape index (κ2) is 4.67. The molecule has 82 valence electrons. The zero-order valence-electron chi connectivity index (χ0n) is 8.54.